The molecule has 2 N–H and O–H groups in total. The van der Waals surface area contributed by atoms with Gasteiger partial charge in [-0.05, 0) is 60.5 Å². The summed E-state index contributed by atoms with van der Waals surface area (Å²) in [5, 5.41) is 13.2. The van der Waals surface area contributed by atoms with Crippen molar-refractivity contribution < 1.29 is 14.6 Å². The van der Waals surface area contributed by atoms with Crippen LogP contribution >= 0.6 is 0 Å². The molecule has 3 aromatic rings. The number of methoxy groups -OCH3 is 1. The van der Waals surface area contributed by atoms with Gasteiger partial charge in [-0.15, -0.1) is 0 Å². The van der Waals surface area contributed by atoms with E-state index in [2.05, 4.69) is 34.2 Å². The molecule has 5 rings (SSSR count). The summed E-state index contributed by atoms with van der Waals surface area (Å²) in [4.78, 5) is 17.3. The van der Waals surface area contributed by atoms with Crippen LogP contribution in [-0.2, 0) is 0 Å². The Hall–Kier alpha value is -3.79. The predicted octanol–water partition coefficient (Wildman–Crippen LogP) is 4.16. The Morgan fingerprint density at radius 3 is 2.33 bits per heavy atom. The van der Waals surface area contributed by atoms with Crippen LogP contribution in [0, 0.1) is 11.8 Å². The van der Waals surface area contributed by atoms with Crippen LogP contribution in [0.15, 0.2) is 78.9 Å². The maximum atomic E-state index is 13.1. The maximum absolute atomic E-state index is 13.1. The fraction of sp³-hybridized carbons (Fsp3) is 0.300. The van der Waals surface area contributed by atoms with Crippen LogP contribution < -0.4 is 10.1 Å². The zero-order valence-electron chi connectivity index (χ0n) is 20.4. The number of aliphatic hydroxyl groups is 1. The summed E-state index contributed by atoms with van der Waals surface area (Å²) >= 11 is 0. The number of nitrogens with zero attached hydrogens (tertiary/aromatic N) is 2. The van der Waals surface area contributed by atoms with Gasteiger partial charge in [0.1, 0.15) is 5.75 Å². The molecular weight excluding hydrogens is 450 g/mol. The summed E-state index contributed by atoms with van der Waals surface area (Å²) in [5.41, 5.74) is 3.87. The van der Waals surface area contributed by atoms with Crippen LogP contribution in [-0.4, -0.2) is 66.4 Å². The van der Waals surface area contributed by atoms with E-state index < -0.39 is 0 Å². The highest BCUT2D eigenvalue weighted by atomic mass is 16.5. The number of rotatable bonds is 4. The molecular formula is C30H31N3O3. The first-order valence-electron chi connectivity index (χ1n) is 12.4. The lowest BCUT2D eigenvalue weighted by Gasteiger charge is -2.55. The molecule has 36 heavy (non-hydrogen) atoms. The molecule has 2 heterocycles. The molecule has 1 unspecified atom stereocenters. The van der Waals surface area contributed by atoms with Gasteiger partial charge in [0.25, 0.3) is 0 Å². The minimum absolute atomic E-state index is 0.0702. The number of benzene rings is 3. The third kappa shape index (κ3) is 5.08. The molecule has 0 spiro atoms. The lowest BCUT2D eigenvalue weighted by atomic mass is 9.75. The summed E-state index contributed by atoms with van der Waals surface area (Å²) in [6.45, 7) is 2.29. The molecule has 0 aliphatic carbocycles. The van der Waals surface area contributed by atoms with Gasteiger partial charge in [-0.1, -0.05) is 42.2 Å². The monoisotopic (exact) mass is 481 g/mol. The number of carbonyl (C=O) groups is 1. The predicted molar refractivity (Wildman–Crippen MR) is 141 cm³/mol. The summed E-state index contributed by atoms with van der Waals surface area (Å²) in [5.74, 6) is 7.35. The fourth-order valence-corrected chi connectivity index (χ4v) is 5.30. The molecule has 3 atom stereocenters. The van der Waals surface area contributed by atoms with Crippen molar-refractivity contribution in [1.82, 2.24) is 9.80 Å². The molecule has 2 aliphatic rings. The number of hydrogen-bond acceptors (Lipinski definition) is 4. The first kappa shape index (κ1) is 23.9. The minimum Gasteiger partial charge on any atom is -0.497 e. The van der Waals surface area contributed by atoms with Gasteiger partial charge in [-0.3, -0.25) is 4.90 Å². The zero-order valence-corrected chi connectivity index (χ0v) is 20.4. The van der Waals surface area contributed by atoms with E-state index in [0.29, 0.717) is 13.1 Å². The van der Waals surface area contributed by atoms with Crippen molar-refractivity contribution in [2.24, 2.45) is 0 Å². The average Bonchev–Trinajstić information content (AvgIpc) is 3.10. The highest BCUT2D eigenvalue weighted by Gasteiger charge is 2.50. The second-order valence-corrected chi connectivity index (χ2v) is 9.28. The van der Waals surface area contributed by atoms with Gasteiger partial charge in [0.2, 0.25) is 0 Å². The highest BCUT2D eigenvalue weighted by Crippen LogP contribution is 2.42. The Kier molecular flexibility index (Phi) is 7.22. The first-order valence-corrected chi connectivity index (χ1v) is 12.4. The van der Waals surface area contributed by atoms with Gasteiger partial charge in [0.05, 0.1) is 13.7 Å². The van der Waals surface area contributed by atoms with Gasteiger partial charge >= 0.3 is 6.03 Å². The number of anilines is 1. The van der Waals surface area contributed by atoms with Crippen molar-refractivity contribution in [2.45, 2.75) is 24.4 Å². The number of fused-ring (bicyclic) bond motifs is 1. The molecule has 0 saturated carbocycles. The topological polar surface area (TPSA) is 65.0 Å². The minimum atomic E-state index is -0.0975. The van der Waals surface area contributed by atoms with E-state index in [1.807, 2.05) is 71.6 Å². The summed E-state index contributed by atoms with van der Waals surface area (Å²) in [6.07, 6.45) is 0.879. The molecule has 2 saturated heterocycles. The van der Waals surface area contributed by atoms with E-state index in [1.54, 1.807) is 7.11 Å². The second kappa shape index (κ2) is 10.9. The van der Waals surface area contributed by atoms with E-state index >= 15 is 0 Å². The standard InChI is InChI=1S/C30H31N3O3/c1-36-26-16-14-25(15-17-26)31-30(35)32-18-5-19-33-27(20-32)29(28(33)21-34)24-12-10-23(11-13-24)9-8-22-6-3-2-4-7-22/h2-4,6-7,10-17,27-29,34H,5,18-21H2,1H3,(H,31,35)/t27-,28+,29?/m0/s1. The lowest BCUT2D eigenvalue weighted by molar-refractivity contribution is -0.0404. The van der Waals surface area contributed by atoms with Crippen LogP contribution in [0.3, 0.4) is 0 Å². The van der Waals surface area contributed by atoms with Crippen molar-refractivity contribution in [3.8, 4) is 17.6 Å². The molecule has 6 heteroatoms. The van der Waals surface area contributed by atoms with Gasteiger partial charge < -0.3 is 20.1 Å². The number of urea groups is 1. The first-order chi connectivity index (χ1) is 17.7. The number of carbonyl (C=O) groups excluding carboxylic acids is 1. The smallest absolute Gasteiger partial charge is 0.321 e. The van der Waals surface area contributed by atoms with E-state index in [0.717, 1.165) is 35.5 Å². The van der Waals surface area contributed by atoms with Gasteiger partial charge in [0.15, 0.2) is 0 Å². The van der Waals surface area contributed by atoms with Crippen molar-refractivity contribution in [2.75, 3.05) is 38.7 Å². The molecule has 0 bridgehead atoms. The van der Waals surface area contributed by atoms with Crippen molar-refractivity contribution in [1.29, 1.82) is 0 Å². The van der Waals surface area contributed by atoms with Crippen LogP contribution in [0.5, 0.6) is 5.75 Å². The Bertz CT molecular complexity index is 1230. The quantitative estimate of drug-likeness (QED) is 0.550. The third-order valence-electron chi connectivity index (χ3n) is 7.17. The maximum Gasteiger partial charge on any atom is 0.321 e. The Labute approximate surface area is 212 Å². The molecule has 2 fully saturated rings. The Morgan fingerprint density at radius 1 is 0.972 bits per heavy atom. The number of nitrogens with one attached hydrogen (secondary N) is 1. The third-order valence-corrected chi connectivity index (χ3v) is 7.17. The summed E-state index contributed by atoms with van der Waals surface area (Å²) < 4.78 is 5.20. The van der Waals surface area contributed by atoms with Crippen molar-refractivity contribution in [3.05, 3.63) is 95.6 Å². The van der Waals surface area contributed by atoms with Crippen LogP contribution in [0.25, 0.3) is 0 Å². The van der Waals surface area contributed by atoms with E-state index in [-0.39, 0.29) is 30.6 Å². The number of hydrogen-bond donors (Lipinski definition) is 2. The van der Waals surface area contributed by atoms with Gasteiger partial charge in [-0.2, -0.15) is 0 Å². The van der Waals surface area contributed by atoms with Gasteiger partial charge in [-0.25, -0.2) is 4.79 Å². The molecule has 2 aliphatic heterocycles. The Balaban J connectivity index is 1.28. The van der Waals surface area contributed by atoms with Crippen molar-refractivity contribution in [3.63, 3.8) is 0 Å². The lowest BCUT2D eigenvalue weighted by Crippen LogP contribution is -2.66. The SMILES string of the molecule is COc1ccc(NC(=O)N2CCCN3[C@H](CO)C(c4ccc(C#Cc5ccccc5)cc4)[C@@H]3C2)cc1. The summed E-state index contributed by atoms with van der Waals surface area (Å²) in [7, 11) is 1.62. The van der Waals surface area contributed by atoms with Crippen molar-refractivity contribution >= 4 is 11.7 Å². The second-order valence-electron chi connectivity index (χ2n) is 9.28. The summed E-state index contributed by atoms with van der Waals surface area (Å²) in [6, 6.07) is 25.8. The number of aliphatic hydroxyl groups excluding tert-OH is 1. The molecule has 184 valence electrons. The molecule has 2 amide bonds. The van der Waals surface area contributed by atoms with E-state index in [4.69, 9.17) is 4.74 Å². The largest absolute Gasteiger partial charge is 0.497 e. The van der Waals surface area contributed by atoms with Crippen LogP contribution in [0.1, 0.15) is 29.0 Å². The fourth-order valence-electron chi connectivity index (χ4n) is 5.30. The van der Waals surface area contributed by atoms with Crippen LogP contribution in [0.2, 0.25) is 0 Å². The van der Waals surface area contributed by atoms with E-state index in [9.17, 15) is 9.90 Å². The molecule has 6 nitrogen and oxygen atoms in total. The Morgan fingerprint density at radius 2 is 1.67 bits per heavy atom. The number of amides is 2. The normalized spacial score (nSPS) is 21.3. The zero-order chi connectivity index (χ0) is 24.9. The molecule has 0 radical (unpaired) electrons. The molecule has 0 aromatic heterocycles. The van der Waals surface area contributed by atoms with Crippen LogP contribution in [0.4, 0.5) is 10.5 Å². The van der Waals surface area contributed by atoms with E-state index in [1.165, 1.54) is 5.56 Å². The number of ether oxygens (including phenoxy) is 1. The highest BCUT2D eigenvalue weighted by molar-refractivity contribution is 5.89. The molecule has 3 aromatic carbocycles. The average molecular weight is 482 g/mol. The van der Waals surface area contributed by atoms with Gasteiger partial charge in [0, 0.05) is 54.5 Å².